The number of ether oxygens (including phenoxy) is 2. The van der Waals surface area contributed by atoms with Gasteiger partial charge in [-0.05, 0) is 12.1 Å². The van der Waals surface area contributed by atoms with Crippen molar-refractivity contribution in [2.24, 2.45) is 11.0 Å². The molecule has 2 aromatic rings. The smallest absolute Gasteiger partial charge is 0.282 e. The molecular weight excluding hydrogens is 388 g/mol. The van der Waals surface area contributed by atoms with Gasteiger partial charge in [-0.15, -0.1) is 0 Å². The van der Waals surface area contributed by atoms with Crippen molar-refractivity contribution in [1.82, 2.24) is 15.5 Å². The van der Waals surface area contributed by atoms with E-state index in [2.05, 4.69) is 27.6 Å². The average molecular weight is 414 g/mol. The first-order valence-electron chi connectivity index (χ1n) is 8.97. The minimum absolute atomic E-state index is 0.0745. The number of amides is 1. The molecule has 1 aromatic carbocycles. The SMILES string of the molecule is C=C(/C(=N\OCc1cccc(NC(=O)C(OC)OC)n1)c1ccccc1)N(C)NN. The lowest BCUT2D eigenvalue weighted by Crippen LogP contribution is -2.41. The number of nitrogens with one attached hydrogen (secondary N) is 2. The van der Waals surface area contributed by atoms with E-state index in [1.54, 1.807) is 25.2 Å². The number of anilines is 1. The molecule has 0 saturated carbocycles. The zero-order chi connectivity index (χ0) is 21.9. The lowest BCUT2D eigenvalue weighted by Gasteiger charge is -2.20. The summed E-state index contributed by atoms with van der Waals surface area (Å²) < 4.78 is 9.83. The number of hydrazine groups is 2. The highest BCUT2D eigenvalue weighted by molar-refractivity contribution is 6.11. The van der Waals surface area contributed by atoms with Crippen LogP contribution in [0.4, 0.5) is 5.82 Å². The zero-order valence-electron chi connectivity index (χ0n) is 17.2. The fourth-order valence-corrected chi connectivity index (χ4v) is 2.39. The van der Waals surface area contributed by atoms with E-state index < -0.39 is 12.2 Å². The summed E-state index contributed by atoms with van der Waals surface area (Å²) in [4.78, 5) is 21.9. The second kappa shape index (κ2) is 11.6. The minimum Gasteiger partial charge on any atom is -0.389 e. The number of carbonyl (C=O) groups excluding carboxylic acids is 1. The molecule has 0 saturated heterocycles. The Morgan fingerprint density at radius 2 is 1.90 bits per heavy atom. The molecule has 10 heteroatoms. The molecule has 0 fully saturated rings. The van der Waals surface area contributed by atoms with E-state index >= 15 is 0 Å². The van der Waals surface area contributed by atoms with Gasteiger partial charge in [-0.1, -0.05) is 48.1 Å². The molecule has 0 bridgehead atoms. The van der Waals surface area contributed by atoms with Gasteiger partial charge in [0.1, 0.15) is 11.5 Å². The quantitative estimate of drug-likeness (QED) is 0.218. The molecule has 0 radical (unpaired) electrons. The van der Waals surface area contributed by atoms with Gasteiger partial charge in [0.25, 0.3) is 5.91 Å². The third-order valence-corrected chi connectivity index (χ3v) is 3.99. The molecule has 2 rings (SSSR count). The van der Waals surface area contributed by atoms with Gasteiger partial charge in [-0.3, -0.25) is 15.6 Å². The number of oxime groups is 1. The minimum atomic E-state index is -1.02. The zero-order valence-corrected chi connectivity index (χ0v) is 17.2. The van der Waals surface area contributed by atoms with Crippen LogP contribution in [0.5, 0.6) is 0 Å². The van der Waals surface area contributed by atoms with Gasteiger partial charge in [-0.2, -0.15) is 5.53 Å². The topological polar surface area (TPSA) is 123 Å². The second-order valence-corrected chi connectivity index (χ2v) is 6.02. The third kappa shape index (κ3) is 6.36. The number of allylic oxidation sites excluding steroid dienone is 1. The number of likely N-dealkylation sites (N-methyl/N-ethyl adjacent to an activating group) is 1. The van der Waals surface area contributed by atoms with E-state index in [-0.39, 0.29) is 6.61 Å². The number of carbonyl (C=O) groups is 1. The highest BCUT2D eigenvalue weighted by atomic mass is 16.7. The van der Waals surface area contributed by atoms with E-state index in [0.717, 1.165) is 5.56 Å². The van der Waals surface area contributed by atoms with E-state index in [9.17, 15) is 4.79 Å². The number of pyridine rings is 1. The Hall–Kier alpha value is -3.31. The number of aromatic nitrogens is 1. The van der Waals surface area contributed by atoms with Crippen LogP contribution in [-0.4, -0.2) is 49.2 Å². The van der Waals surface area contributed by atoms with Crippen molar-refractivity contribution in [3.8, 4) is 0 Å². The van der Waals surface area contributed by atoms with Gasteiger partial charge < -0.3 is 19.6 Å². The molecule has 4 N–H and O–H groups in total. The summed E-state index contributed by atoms with van der Waals surface area (Å²) in [5.74, 6) is 5.33. The van der Waals surface area contributed by atoms with E-state index in [4.69, 9.17) is 20.2 Å². The number of nitrogens with zero attached hydrogens (tertiary/aromatic N) is 3. The molecule has 1 amide bonds. The number of hydrogen-bond donors (Lipinski definition) is 3. The van der Waals surface area contributed by atoms with Crippen LogP contribution in [0.2, 0.25) is 0 Å². The van der Waals surface area contributed by atoms with Crippen molar-refractivity contribution in [1.29, 1.82) is 0 Å². The van der Waals surface area contributed by atoms with E-state index in [1.807, 2.05) is 30.3 Å². The van der Waals surface area contributed by atoms with Crippen molar-refractivity contribution >= 4 is 17.4 Å². The molecule has 10 nitrogen and oxygen atoms in total. The number of nitrogens with two attached hydrogens (primary N) is 1. The Labute approximate surface area is 175 Å². The first-order chi connectivity index (χ1) is 14.5. The predicted molar refractivity (Wildman–Crippen MR) is 113 cm³/mol. The van der Waals surface area contributed by atoms with Crippen molar-refractivity contribution in [2.75, 3.05) is 26.6 Å². The third-order valence-electron chi connectivity index (χ3n) is 3.99. The maximum absolute atomic E-state index is 12.0. The summed E-state index contributed by atoms with van der Waals surface area (Å²) in [5, 5.41) is 8.35. The van der Waals surface area contributed by atoms with Crippen molar-refractivity contribution < 1.29 is 19.1 Å². The molecule has 0 aliphatic rings. The van der Waals surface area contributed by atoms with E-state index in [1.165, 1.54) is 19.2 Å². The highest BCUT2D eigenvalue weighted by Gasteiger charge is 2.17. The van der Waals surface area contributed by atoms with E-state index in [0.29, 0.717) is 22.9 Å². The standard InChI is InChI=1S/C20H26N6O4/c1-14(26(2)25-21)18(15-9-6-5-7-10-15)24-30-13-16-11-8-12-17(22-16)23-19(27)20(28-3)29-4/h5-12,20,25H,1,13,21H2,2-4H3,(H,22,23,27)/b24-18+. The number of hydrogen-bond acceptors (Lipinski definition) is 9. The summed E-state index contributed by atoms with van der Waals surface area (Å²) in [5.41, 5.74) is 4.88. The summed E-state index contributed by atoms with van der Waals surface area (Å²) in [7, 11) is 4.46. The normalized spacial score (nSPS) is 11.3. The van der Waals surface area contributed by atoms with Crippen molar-refractivity contribution in [3.63, 3.8) is 0 Å². The first-order valence-corrected chi connectivity index (χ1v) is 8.97. The van der Waals surface area contributed by atoms with Gasteiger partial charge >= 0.3 is 0 Å². The highest BCUT2D eigenvalue weighted by Crippen LogP contribution is 2.12. The maximum atomic E-state index is 12.0. The molecule has 160 valence electrons. The molecule has 30 heavy (non-hydrogen) atoms. The summed E-state index contributed by atoms with van der Waals surface area (Å²) in [6, 6.07) is 14.6. The largest absolute Gasteiger partial charge is 0.389 e. The molecule has 0 aliphatic carbocycles. The van der Waals surface area contributed by atoms with Crippen molar-refractivity contribution in [2.45, 2.75) is 12.9 Å². The molecule has 1 heterocycles. The second-order valence-electron chi connectivity index (χ2n) is 6.02. The Bertz CT molecular complexity index is 871. The van der Waals surface area contributed by atoms with Crippen LogP contribution in [0.3, 0.4) is 0 Å². The Kier molecular flexibility index (Phi) is 8.91. The van der Waals surface area contributed by atoms with Crippen LogP contribution in [0.25, 0.3) is 0 Å². The summed E-state index contributed by atoms with van der Waals surface area (Å²) in [6.07, 6.45) is -1.02. The molecule has 0 atom stereocenters. The summed E-state index contributed by atoms with van der Waals surface area (Å²) in [6.45, 7) is 4.07. The van der Waals surface area contributed by atoms with Crippen LogP contribution in [-0.2, 0) is 25.7 Å². The molecule has 0 unspecified atom stereocenters. The van der Waals surface area contributed by atoms with Crippen LogP contribution in [0.15, 0.2) is 66.0 Å². The van der Waals surface area contributed by atoms with Gasteiger partial charge in [0, 0.05) is 26.8 Å². The van der Waals surface area contributed by atoms with Crippen molar-refractivity contribution in [3.05, 3.63) is 72.1 Å². The van der Waals surface area contributed by atoms with Crippen LogP contribution >= 0.6 is 0 Å². The molecule has 0 spiro atoms. The lowest BCUT2D eigenvalue weighted by molar-refractivity contribution is -0.153. The fraction of sp³-hybridized carbons (Fsp3) is 0.250. The monoisotopic (exact) mass is 414 g/mol. The van der Waals surface area contributed by atoms with Gasteiger partial charge in [0.15, 0.2) is 6.61 Å². The number of methoxy groups -OCH3 is 2. The Balaban J connectivity index is 2.11. The van der Waals surface area contributed by atoms with Crippen LogP contribution < -0.4 is 16.7 Å². The molecule has 0 aliphatic heterocycles. The Morgan fingerprint density at radius 3 is 2.53 bits per heavy atom. The number of rotatable bonds is 11. The number of benzene rings is 1. The Morgan fingerprint density at radius 1 is 1.20 bits per heavy atom. The average Bonchev–Trinajstić information content (AvgIpc) is 2.77. The predicted octanol–water partition coefficient (Wildman–Crippen LogP) is 1.38. The summed E-state index contributed by atoms with van der Waals surface area (Å²) >= 11 is 0. The van der Waals surface area contributed by atoms with Gasteiger partial charge in [0.05, 0.1) is 11.4 Å². The lowest BCUT2D eigenvalue weighted by atomic mass is 10.1. The molecule has 1 aromatic heterocycles. The van der Waals surface area contributed by atoms with Gasteiger partial charge in [0.2, 0.25) is 6.29 Å². The molecular formula is C20H26N6O4. The van der Waals surface area contributed by atoms with Crippen LogP contribution in [0.1, 0.15) is 11.3 Å². The van der Waals surface area contributed by atoms with Crippen LogP contribution in [0, 0.1) is 0 Å². The van der Waals surface area contributed by atoms with Gasteiger partial charge in [-0.25, -0.2) is 4.98 Å². The first kappa shape index (κ1) is 23.0. The fourth-order valence-electron chi connectivity index (χ4n) is 2.39. The maximum Gasteiger partial charge on any atom is 0.282 e.